The molecule has 2 heterocycles. The largest absolute Gasteiger partial charge is 0.497 e. The maximum absolute atomic E-state index is 13.2. The fraction of sp³-hybridized carbons (Fsp3) is 0.304. The summed E-state index contributed by atoms with van der Waals surface area (Å²) in [6, 6.07) is 14.8. The lowest BCUT2D eigenvalue weighted by molar-refractivity contribution is -0.158. The van der Waals surface area contributed by atoms with Crippen molar-refractivity contribution in [2.24, 2.45) is 0 Å². The monoisotopic (exact) mass is 441 g/mol. The molecule has 0 radical (unpaired) electrons. The molecule has 31 heavy (non-hydrogen) atoms. The molecule has 0 bridgehead atoms. The molecule has 2 aromatic carbocycles. The van der Waals surface area contributed by atoms with Gasteiger partial charge >= 0.3 is 5.97 Å². The number of carbonyl (C=O) groups is 2. The standard InChI is InChI=1S/C23H23NO6S/c1-23(2)19(22(26)30-14-16-7-5-4-6-8-16)24-20(25)18(21(24)31(23,27)28)13-15-9-11-17(29-3)12-10-15/h4-13,19,21H,14H2,1-3H3/b18-13+/t19-,21+/m0/s1. The zero-order valence-electron chi connectivity index (χ0n) is 17.4. The van der Waals surface area contributed by atoms with Crippen molar-refractivity contribution < 1.29 is 27.5 Å². The van der Waals surface area contributed by atoms with Crippen LogP contribution in [0.1, 0.15) is 25.0 Å². The average molecular weight is 442 g/mol. The third kappa shape index (κ3) is 3.31. The van der Waals surface area contributed by atoms with Gasteiger partial charge in [-0.15, -0.1) is 0 Å². The second-order valence-electron chi connectivity index (χ2n) is 8.08. The van der Waals surface area contributed by atoms with Crippen molar-refractivity contribution in [3.63, 3.8) is 0 Å². The highest BCUT2D eigenvalue weighted by atomic mass is 32.2. The first-order valence-electron chi connectivity index (χ1n) is 9.81. The van der Waals surface area contributed by atoms with Gasteiger partial charge in [-0.1, -0.05) is 42.5 Å². The van der Waals surface area contributed by atoms with Crippen molar-refractivity contribution in [1.29, 1.82) is 0 Å². The van der Waals surface area contributed by atoms with E-state index in [1.54, 1.807) is 49.6 Å². The minimum absolute atomic E-state index is 0.00748. The number of sulfone groups is 1. The molecule has 1 amide bonds. The number of nitrogens with zero attached hydrogens (tertiary/aromatic N) is 1. The fourth-order valence-electron chi connectivity index (χ4n) is 4.01. The van der Waals surface area contributed by atoms with Gasteiger partial charge in [0.1, 0.15) is 17.1 Å². The van der Waals surface area contributed by atoms with Crippen LogP contribution in [-0.2, 0) is 30.8 Å². The molecule has 4 rings (SSSR count). The highest BCUT2D eigenvalue weighted by Crippen LogP contribution is 2.49. The molecule has 0 saturated carbocycles. The lowest BCUT2D eigenvalue weighted by Crippen LogP contribution is -2.59. The molecule has 2 saturated heterocycles. The summed E-state index contributed by atoms with van der Waals surface area (Å²) in [5.41, 5.74) is 1.60. The Morgan fingerprint density at radius 2 is 1.74 bits per heavy atom. The van der Waals surface area contributed by atoms with Crippen LogP contribution in [0.5, 0.6) is 5.75 Å². The van der Waals surface area contributed by atoms with Gasteiger partial charge in [0, 0.05) is 0 Å². The van der Waals surface area contributed by atoms with Crippen LogP contribution in [0.2, 0.25) is 0 Å². The molecular weight excluding hydrogens is 418 g/mol. The molecule has 162 valence electrons. The van der Waals surface area contributed by atoms with Crippen molar-refractivity contribution in [2.75, 3.05) is 7.11 Å². The number of ether oxygens (including phenoxy) is 2. The Morgan fingerprint density at radius 3 is 2.35 bits per heavy atom. The number of hydrogen-bond donors (Lipinski definition) is 0. The van der Waals surface area contributed by atoms with Crippen LogP contribution in [0.15, 0.2) is 60.2 Å². The van der Waals surface area contributed by atoms with Crippen molar-refractivity contribution in [3.8, 4) is 5.75 Å². The summed E-state index contributed by atoms with van der Waals surface area (Å²) in [5, 5.41) is -1.16. The molecule has 2 aliphatic rings. The van der Waals surface area contributed by atoms with Gasteiger partial charge in [-0.3, -0.25) is 4.79 Å². The number of amides is 1. The third-order valence-corrected chi connectivity index (χ3v) is 8.61. The van der Waals surface area contributed by atoms with Gasteiger partial charge in [-0.05, 0) is 43.2 Å². The smallest absolute Gasteiger partial charge is 0.330 e. The van der Waals surface area contributed by atoms with Crippen LogP contribution in [0.4, 0.5) is 0 Å². The topological polar surface area (TPSA) is 90.0 Å². The highest BCUT2D eigenvalue weighted by Gasteiger charge is 2.70. The number of carbonyl (C=O) groups excluding carboxylic acids is 2. The highest BCUT2D eigenvalue weighted by molar-refractivity contribution is 7.94. The summed E-state index contributed by atoms with van der Waals surface area (Å²) >= 11 is 0. The van der Waals surface area contributed by atoms with Gasteiger partial charge in [-0.2, -0.15) is 0 Å². The maximum atomic E-state index is 13.2. The molecule has 2 atom stereocenters. The molecule has 2 aliphatic heterocycles. The van der Waals surface area contributed by atoms with Crippen LogP contribution in [0.25, 0.3) is 6.08 Å². The first-order chi connectivity index (χ1) is 14.7. The third-order valence-electron chi connectivity index (χ3n) is 5.85. The number of methoxy groups -OCH3 is 1. The van der Waals surface area contributed by atoms with Crippen molar-refractivity contribution in [1.82, 2.24) is 4.90 Å². The van der Waals surface area contributed by atoms with Crippen molar-refractivity contribution >= 4 is 27.8 Å². The molecule has 0 spiro atoms. The summed E-state index contributed by atoms with van der Waals surface area (Å²) in [6.45, 7) is 2.94. The molecule has 0 aliphatic carbocycles. The molecule has 0 unspecified atom stereocenters. The minimum Gasteiger partial charge on any atom is -0.497 e. The Balaban J connectivity index is 1.61. The zero-order valence-corrected chi connectivity index (χ0v) is 18.3. The van der Waals surface area contributed by atoms with Gasteiger partial charge in [0.25, 0.3) is 5.91 Å². The second-order valence-corrected chi connectivity index (χ2v) is 10.7. The van der Waals surface area contributed by atoms with Crippen molar-refractivity contribution in [3.05, 3.63) is 71.3 Å². The van der Waals surface area contributed by atoms with Crippen LogP contribution in [-0.4, -0.2) is 48.5 Å². The number of rotatable bonds is 5. The van der Waals surface area contributed by atoms with E-state index >= 15 is 0 Å². The lowest BCUT2D eigenvalue weighted by Gasteiger charge is -2.38. The summed E-state index contributed by atoms with van der Waals surface area (Å²) in [4.78, 5) is 26.9. The lowest BCUT2D eigenvalue weighted by atomic mass is 9.94. The van der Waals surface area contributed by atoms with Crippen molar-refractivity contribution in [2.45, 2.75) is 36.6 Å². The Labute approximate surface area is 181 Å². The van der Waals surface area contributed by atoms with Gasteiger partial charge in [0.05, 0.1) is 12.7 Å². The summed E-state index contributed by atoms with van der Waals surface area (Å²) in [7, 11) is -2.30. The molecule has 0 N–H and O–H groups in total. The second kappa shape index (κ2) is 7.53. The molecule has 8 heteroatoms. The van der Waals surface area contributed by atoms with E-state index < -0.39 is 37.9 Å². The molecular formula is C23H23NO6S. The number of benzene rings is 2. The van der Waals surface area contributed by atoms with E-state index in [9.17, 15) is 18.0 Å². The normalized spacial score (nSPS) is 24.4. The Morgan fingerprint density at radius 1 is 1.10 bits per heavy atom. The van der Waals surface area contributed by atoms with E-state index in [0.717, 1.165) is 10.5 Å². The van der Waals surface area contributed by atoms with E-state index in [1.165, 1.54) is 13.8 Å². The van der Waals surface area contributed by atoms with Crippen LogP contribution < -0.4 is 4.74 Å². The van der Waals surface area contributed by atoms with Gasteiger partial charge in [0.15, 0.2) is 21.3 Å². The first kappa shape index (κ1) is 21.1. The van der Waals surface area contributed by atoms with Crippen LogP contribution in [0.3, 0.4) is 0 Å². The molecule has 2 aromatic rings. The Hall–Kier alpha value is -3.13. The van der Waals surface area contributed by atoms with Gasteiger partial charge in [0.2, 0.25) is 0 Å². The SMILES string of the molecule is COc1ccc(/C=C2\C(=O)N3[C@@H](C(=O)OCc4ccccc4)C(C)(C)S(=O)(=O)[C@H]23)cc1. The number of fused-ring (bicyclic) bond motifs is 1. The van der Waals surface area contributed by atoms with Crippen LogP contribution in [0, 0.1) is 0 Å². The number of hydrogen-bond acceptors (Lipinski definition) is 6. The van der Waals surface area contributed by atoms with E-state index in [4.69, 9.17) is 9.47 Å². The quantitative estimate of drug-likeness (QED) is 0.403. The molecule has 2 fully saturated rings. The first-order valence-corrected chi connectivity index (χ1v) is 11.4. The predicted octanol–water partition coefficient (Wildman–Crippen LogP) is 2.57. The number of β-lactam (4-membered cyclic amide) rings is 1. The zero-order chi connectivity index (χ0) is 22.4. The summed E-state index contributed by atoms with van der Waals surface area (Å²) in [5.74, 6) is -0.548. The van der Waals surface area contributed by atoms with E-state index in [1.807, 2.05) is 18.2 Å². The Kier molecular flexibility index (Phi) is 5.13. The Bertz CT molecular complexity index is 1150. The van der Waals surface area contributed by atoms with Crippen LogP contribution >= 0.6 is 0 Å². The minimum atomic E-state index is -3.85. The summed E-state index contributed by atoms with van der Waals surface area (Å²) in [6.07, 6.45) is 1.55. The maximum Gasteiger partial charge on any atom is 0.330 e. The average Bonchev–Trinajstić information content (AvgIpc) is 2.91. The fourth-order valence-corrected chi connectivity index (χ4v) is 6.13. The van der Waals surface area contributed by atoms with Gasteiger partial charge in [-0.25, -0.2) is 13.2 Å². The van der Waals surface area contributed by atoms with E-state index in [2.05, 4.69) is 0 Å². The predicted molar refractivity (Wildman–Crippen MR) is 115 cm³/mol. The van der Waals surface area contributed by atoms with Gasteiger partial charge < -0.3 is 14.4 Å². The summed E-state index contributed by atoms with van der Waals surface area (Å²) < 4.78 is 35.5. The van der Waals surface area contributed by atoms with E-state index in [0.29, 0.717) is 11.3 Å². The molecule has 7 nitrogen and oxygen atoms in total. The van der Waals surface area contributed by atoms with E-state index in [-0.39, 0.29) is 12.2 Å². The number of esters is 1. The molecule has 0 aromatic heterocycles.